The molecular formula is C26H32ClN5O7S2. The molecule has 1 aromatic heterocycles. The predicted octanol–water partition coefficient (Wildman–Crippen LogP) is 2.42. The standard InChI is InChI=1S/C26H32ClN5O7S2/c1-17-12-32(18(2)15-33)26(34)22-11-20(29-40(35,36)25-14-30(3)16-28-25)7-10-23(22)39-24(17)13-31(4)41(37,38)21-8-5-19(27)6-9-21/h5-11,14,16-18,24,29,33H,12-13,15H2,1-4H3/t17-,18-,24+/m0/s1. The Morgan fingerprint density at radius 1 is 1.20 bits per heavy atom. The number of sulfonamides is 2. The molecule has 1 amide bonds. The fourth-order valence-corrected chi connectivity index (χ4v) is 6.72. The van der Waals surface area contributed by atoms with Crippen LogP contribution in [0.2, 0.25) is 5.02 Å². The number of carbonyl (C=O) groups excluding carboxylic acids is 1. The van der Waals surface area contributed by atoms with Crippen LogP contribution < -0.4 is 9.46 Å². The fourth-order valence-electron chi connectivity index (χ4n) is 4.38. The lowest BCUT2D eigenvalue weighted by molar-refractivity contribution is 0.0387. The summed E-state index contributed by atoms with van der Waals surface area (Å²) in [4.78, 5) is 19.1. The lowest BCUT2D eigenvalue weighted by Gasteiger charge is -2.38. The first-order chi connectivity index (χ1) is 19.2. The van der Waals surface area contributed by atoms with Gasteiger partial charge in [0.25, 0.3) is 15.9 Å². The van der Waals surface area contributed by atoms with Crippen molar-refractivity contribution in [1.29, 1.82) is 0 Å². The van der Waals surface area contributed by atoms with Gasteiger partial charge in [-0.1, -0.05) is 18.5 Å². The van der Waals surface area contributed by atoms with Crippen LogP contribution in [0.4, 0.5) is 5.69 Å². The van der Waals surface area contributed by atoms with Crippen LogP contribution in [0.1, 0.15) is 24.2 Å². The van der Waals surface area contributed by atoms with E-state index < -0.39 is 38.1 Å². The number of fused-ring (bicyclic) bond motifs is 1. The molecule has 0 unspecified atom stereocenters. The lowest BCUT2D eigenvalue weighted by Crippen LogP contribution is -2.50. The highest BCUT2D eigenvalue weighted by molar-refractivity contribution is 7.92. The minimum Gasteiger partial charge on any atom is -0.488 e. The van der Waals surface area contributed by atoms with Crippen LogP contribution >= 0.6 is 11.6 Å². The summed E-state index contributed by atoms with van der Waals surface area (Å²) in [6.45, 7) is 3.32. The summed E-state index contributed by atoms with van der Waals surface area (Å²) in [5.41, 5.74) is 0.169. The Kier molecular flexibility index (Phi) is 8.99. The van der Waals surface area contributed by atoms with Crippen LogP contribution in [0.15, 0.2) is 64.9 Å². The predicted molar refractivity (Wildman–Crippen MR) is 153 cm³/mol. The molecule has 12 nitrogen and oxygen atoms in total. The normalized spacial score (nSPS) is 18.8. The van der Waals surface area contributed by atoms with Crippen LogP contribution in [0, 0.1) is 5.92 Å². The number of carbonyl (C=O) groups is 1. The van der Waals surface area contributed by atoms with Crippen molar-refractivity contribution in [3.8, 4) is 5.75 Å². The molecule has 4 rings (SSSR count). The molecule has 41 heavy (non-hydrogen) atoms. The first-order valence-corrected chi connectivity index (χ1v) is 16.0. The zero-order chi connectivity index (χ0) is 30.1. The van der Waals surface area contributed by atoms with E-state index in [2.05, 4.69) is 9.71 Å². The van der Waals surface area contributed by atoms with Gasteiger partial charge in [0.1, 0.15) is 11.9 Å². The molecule has 0 aliphatic carbocycles. The van der Waals surface area contributed by atoms with Gasteiger partial charge in [-0.05, 0) is 49.4 Å². The number of aromatic nitrogens is 2. The average Bonchev–Trinajstić information content (AvgIpc) is 3.38. The van der Waals surface area contributed by atoms with E-state index >= 15 is 0 Å². The summed E-state index contributed by atoms with van der Waals surface area (Å²) in [5.74, 6) is -0.654. The van der Waals surface area contributed by atoms with Gasteiger partial charge in [0, 0.05) is 43.5 Å². The molecule has 3 aromatic rings. The number of aliphatic hydroxyl groups is 1. The third-order valence-electron chi connectivity index (χ3n) is 6.83. The summed E-state index contributed by atoms with van der Waals surface area (Å²) in [6, 6.07) is 9.52. The monoisotopic (exact) mass is 625 g/mol. The number of amides is 1. The zero-order valence-electron chi connectivity index (χ0n) is 22.9. The highest BCUT2D eigenvalue weighted by Crippen LogP contribution is 2.32. The van der Waals surface area contributed by atoms with E-state index in [1.165, 1.54) is 75.8 Å². The van der Waals surface area contributed by atoms with E-state index in [0.29, 0.717) is 5.02 Å². The summed E-state index contributed by atoms with van der Waals surface area (Å²) in [5, 5.41) is 10.1. The molecule has 15 heteroatoms. The number of aryl methyl sites for hydroxylation is 1. The second-order valence-corrected chi connectivity index (χ2v) is 14.2. The first-order valence-electron chi connectivity index (χ1n) is 12.7. The lowest BCUT2D eigenvalue weighted by atomic mass is 9.99. The van der Waals surface area contributed by atoms with Crippen molar-refractivity contribution in [1.82, 2.24) is 18.8 Å². The van der Waals surface area contributed by atoms with Crippen molar-refractivity contribution in [3.05, 3.63) is 65.6 Å². The van der Waals surface area contributed by atoms with Gasteiger partial charge in [0.05, 0.1) is 36.0 Å². The number of halogens is 1. The molecule has 0 radical (unpaired) electrons. The molecule has 0 saturated heterocycles. The highest BCUT2D eigenvalue weighted by atomic mass is 35.5. The van der Waals surface area contributed by atoms with Gasteiger partial charge < -0.3 is 19.3 Å². The fraction of sp³-hybridized carbons (Fsp3) is 0.385. The van der Waals surface area contributed by atoms with Gasteiger partial charge >= 0.3 is 0 Å². The molecular weight excluding hydrogens is 594 g/mol. The van der Waals surface area contributed by atoms with E-state index in [1.807, 2.05) is 6.92 Å². The maximum atomic E-state index is 13.7. The minimum absolute atomic E-state index is 0.0465. The Balaban J connectivity index is 1.68. The number of anilines is 1. The Morgan fingerprint density at radius 3 is 2.49 bits per heavy atom. The Morgan fingerprint density at radius 2 is 1.88 bits per heavy atom. The van der Waals surface area contributed by atoms with Crippen molar-refractivity contribution in [2.75, 3.05) is 31.5 Å². The van der Waals surface area contributed by atoms with Crippen LogP contribution in [0.3, 0.4) is 0 Å². The third-order valence-corrected chi connectivity index (χ3v) is 10.2. The second-order valence-electron chi connectivity index (χ2n) is 10.1. The van der Waals surface area contributed by atoms with Crippen molar-refractivity contribution in [2.45, 2.75) is 35.9 Å². The van der Waals surface area contributed by atoms with E-state index in [4.69, 9.17) is 16.3 Å². The molecule has 0 bridgehead atoms. The number of ether oxygens (including phenoxy) is 1. The molecule has 2 aromatic carbocycles. The van der Waals surface area contributed by atoms with Gasteiger partial charge in [-0.15, -0.1) is 0 Å². The van der Waals surface area contributed by atoms with E-state index in [1.54, 1.807) is 14.0 Å². The quantitative estimate of drug-likeness (QED) is 0.368. The number of imidazole rings is 1. The average molecular weight is 626 g/mol. The topological polar surface area (TPSA) is 151 Å². The van der Waals surface area contributed by atoms with Gasteiger partial charge in [0.2, 0.25) is 10.0 Å². The molecule has 2 N–H and O–H groups in total. The van der Waals surface area contributed by atoms with Crippen molar-refractivity contribution in [2.24, 2.45) is 13.0 Å². The van der Waals surface area contributed by atoms with Crippen molar-refractivity contribution >= 4 is 43.2 Å². The van der Waals surface area contributed by atoms with Crippen LogP contribution in [0.5, 0.6) is 5.75 Å². The summed E-state index contributed by atoms with van der Waals surface area (Å²) in [7, 11) is -4.84. The minimum atomic E-state index is -4.04. The summed E-state index contributed by atoms with van der Waals surface area (Å²) >= 11 is 5.92. The highest BCUT2D eigenvalue weighted by Gasteiger charge is 2.35. The van der Waals surface area contributed by atoms with Crippen LogP contribution in [0.25, 0.3) is 0 Å². The molecule has 0 fully saturated rings. The molecule has 0 spiro atoms. The van der Waals surface area contributed by atoms with Crippen LogP contribution in [-0.2, 0) is 27.1 Å². The Labute approximate surface area is 244 Å². The molecule has 0 saturated carbocycles. The van der Waals surface area contributed by atoms with Crippen LogP contribution in [-0.4, -0.2) is 85.5 Å². The molecule has 1 aliphatic rings. The number of hydrogen-bond donors (Lipinski definition) is 2. The first kappa shape index (κ1) is 30.8. The molecule has 2 heterocycles. The maximum absolute atomic E-state index is 13.7. The zero-order valence-corrected chi connectivity index (χ0v) is 25.3. The van der Waals surface area contributed by atoms with Gasteiger partial charge in [-0.25, -0.2) is 13.4 Å². The number of likely N-dealkylation sites (N-methyl/N-ethyl adjacent to an activating group) is 1. The van der Waals surface area contributed by atoms with Gasteiger partial charge in [-0.3, -0.25) is 9.52 Å². The Hall–Kier alpha value is -3.17. The number of rotatable bonds is 9. The number of aliphatic hydroxyl groups excluding tert-OH is 1. The van der Waals surface area contributed by atoms with Gasteiger partial charge in [-0.2, -0.15) is 12.7 Å². The summed E-state index contributed by atoms with van der Waals surface area (Å²) < 4.78 is 63.5. The second kappa shape index (κ2) is 12.0. The number of benzene rings is 2. The van der Waals surface area contributed by atoms with Crippen molar-refractivity contribution < 1.29 is 31.5 Å². The number of hydrogen-bond acceptors (Lipinski definition) is 8. The maximum Gasteiger partial charge on any atom is 0.280 e. The molecule has 1 aliphatic heterocycles. The van der Waals surface area contributed by atoms with E-state index in [0.717, 1.165) is 0 Å². The number of nitrogens with one attached hydrogen (secondary N) is 1. The molecule has 3 atom stereocenters. The smallest absolute Gasteiger partial charge is 0.280 e. The third kappa shape index (κ3) is 6.67. The summed E-state index contributed by atoms with van der Waals surface area (Å²) in [6.07, 6.45) is 2.00. The Bertz CT molecular complexity index is 1630. The largest absolute Gasteiger partial charge is 0.488 e. The van der Waals surface area contributed by atoms with Crippen molar-refractivity contribution in [3.63, 3.8) is 0 Å². The van der Waals surface area contributed by atoms with E-state index in [9.17, 15) is 26.7 Å². The van der Waals surface area contributed by atoms with E-state index in [-0.39, 0.29) is 52.5 Å². The van der Waals surface area contributed by atoms with Gasteiger partial charge in [0.15, 0.2) is 5.03 Å². The number of nitrogens with zero attached hydrogens (tertiary/aromatic N) is 4. The SMILES string of the molecule is C[C@H]1CN([C@@H](C)CO)C(=O)c2cc(NS(=O)(=O)c3cn(C)cn3)ccc2O[C@@H]1CN(C)S(=O)(=O)c1ccc(Cl)cc1. The molecule has 222 valence electrons.